The number of nitrogens with zero attached hydrogens (tertiary/aromatic N) is 2. The molecule has 2 heterocycles. The van der Waals surface area contributed by atoms with Crippen LogP contribution >= 0.6 is 0 Å². The second-order valence-electron chi connectivity index (χ2n) is 9.96. The van der Waals surface area contributed by atoms with Crippen LogP contribution in [0.25, 0.3) is 55.5 Å². The second kappa shape index (κ2) is 7.05. The van der Waals surface area contributed by atoms with Gasteiger partial charge in [-0.1, -0.05) is 48.5 Å². The molecule has 36 heavy (non-hydrogen) atoms. The van der Waals surface area contributed by atoms with Crippen molar-refractivity contribution in [2.24, 2.45) is 14.1 Å². The number of aryl methyl sites for hydroxylation is 4. The van der Waals surface area contributed by atoms with Crippen LogP contribution in [0.4, 0.5) is 0 Å². The van der Waals surface area contributed by atoms with Gasteiger partial charge in [0.15, 0.2) is 0 Å². The fraction of sp³-hybridized carbons (Fsp3) is 0.125. The molecule has 0 saturated carbocycles. The summed E-state index contributed by atoms with van der Waals surface area (Å²) in [6, 6.07) is 21.2. The van der Waals surface area contributed by atoms with E-state index in [1.807, 2.05) is 26.2 Å². The number of aliphatic hydroxyl groups excluding tert-OH is 2. The largest absolute Gasteiger partial charge is 0.506 e. The smallest absolute Gasteiger partial charge is 0.137 e. The highest BCUT2D eigenvalue weighted by molar-refractivity contribution is 6.12. The molecule has 0 spiro atoms. The Morgan fingerprint density at radius 2 is 0.944 bits per heavy atom. The zero-order chi connectivity index (χ0) is 24.9. The first kappa shape index (κ1) is 20.9. The highest BCUT2D eigenvalue weighted by atomic mass is 16.3. The third kappa shape index (κ3) is 2.53. The average molecular weight is 471 g/mol. The molecule has 0 amide bonds. The Kier molecular flexibility index (Phi) is 4.09. The van der Waals surface area contributed by atoms with E-state index in [1.165, 1.54) is 32.7 Å². The van der Waals surface area contributed by atoms with Crippen molar-refractivity contribution in [2.75, 3.05) is 0 Å². The average Bonchev–Trinajstić information content (AvgIpc) is 3.32. The Hall–Kier alpha value is -4.44. The van der Waals surface area contributed by atoms with Crippen LogP contribution in [0.5, 0.6) is 0 Å². The van der Waals surface area contributed by atoms with Gasteiger partial charge in [0.05, 0.1) is 11.1 Å². The molecular formula is C32H26N2O2. The van der Waals surface area contributed by atoms with Crippen molar-refractivity contribution in [1.29, 1.82) is 0 Å². The SMILES string of the molecule is Cc1ccc2c3c1cccc3/c(=C\C1=C(O)C(/C=c3\c4cccc5c(C)ccc(c54)n3C)=C1O)n2C. The lowest BCUT2D eigenvalue weighted by atomic mass is 9.92. The molecule has 2 N–H and O–H groups in total. The lowest BCUT2D eigenvalue weighted by molar-refractivity contribution is 0.359. The van der Waals surface area contributed by atoms with Gasteiger partial charge < -0.3 is 19.3 Å². The lowest BCUT2D eigenvalue weighted by Crippen LogP contribution is -2.19. The van der Waals surface area contributed by atoms with Gasteiger partial charge in [-0.25, -0.2) is 0 Å². The van der Waals surface area contributed by atoms with Crippen molar-refractivity contribution in [3.63, 3.8) is 0 Å². The van der Waals surface area contributed by atoms with Crippen LogP contribution in [-0.4, -0.2) is 19.3 Å². The van der Waals surface area contributed by atoms with Crippen molar-refractivity contribution in [3.8, 4) is 0 Å². The number of hydrogen-bond donors (Lipinski definition) is 2. The van der Waals surface area contributed by atoms with E-state index in [0.29, 0.717) is 11.1 Å². The molecule has 2 aromatic heterocycles. The Labute approximate surface area is 208 Å². The van der Waals surface area contributed by atoms with Crippen LogP contribution < -0.4 is 10.7 Å². The molecule has 0 unspecified atom stereocenters. The highest BCUT2D eigenvalue weighted by Crippen LogP contribution is 2.36. The van der Waals surface area contributed by atoms with Crippen LogP contribution in [-0.2, 0) is 14.1 Å². The van der Waals surface area contributed by atoms with Crippen molar-refractivity contribution >= 4 is 55.5 Å². The maximum atomic E-state index is 11.1. The van der Waals surface area contributed by atoms with E-state index in [1.54, 1.807) is 0 Å². The van der Waals surface area contributed by atoms with Gasteiger partial charge in [0.2, 0.25) is 0 Å². The van der Waals surface area contributed by atoms with Gasteiger partial charge in [-0.2, -0.15) is 0 Å². The summed E-state index contributed by atoms with van der Waals surface area (Å²) in [4.78, 5) is 0. The molecule has 0 radical (unpaired) electrons. The topological polar surface area (TPSA) is 50.3 Å². The fourth-order valence-electron chi connectivity index (χ4n) is 6.02. The van der Waals surface area contributed by atoms with Crippen molar-refractivity contribution in [3.05, 3.63) is 105 Å². The number of rotatable bonds is 2. The molecule has 4 heteroatoms. The molecule has 1 aliphatic carbocycles. The Balaban J connectivity index is 1.43. The van der Waals surface area contributed by atoms with Crippen LogP contribution in [0.2, 0.25) is 0 Å². The third-order valence-electron chi connectivity index (χ3n) is 8.05. The van der Waals surface area contributed by atoms with Crippen LogP contribution in [0.3, 0.4) is 0 Å². The quantitative estimate of drug-likeness (QED) is 0.330. The standard InChI is InChI=1S/C32H26N2O2/c1-17-11-13-25-29-19(17)7-5-9-21(29)27(33(25)3)15-23-31(35)24(32(23)36)16-28-22-10-6-8-20-18(2)12-14-26(30(20)22)34(28)4/h5-16,35-36H,1-4H3/b27-15+,28-16+. The molecule has 0 atom stereocenters. The molecule has 176 valence electrons. The summed E-state index contributed by atoms with van der Waals surface area (Å²) < 4.78 is 4.26. The van der Waals surface area contributed by atoms with Crippen LogP contribution in [0.15, 0.2) is 83.3 Å². The zero-order valence-corrected chi connectivity index (χ0v) is 20.7. The fourth-order valence-corrected chi connectivity index (χ4v) is 6.02. The molecule has 0 fully saturated rings. The summed E-state index contributed by atoms with van der Waals surface area (Å²) in [5.74, 6) is 0.237. The molecule has 4 nitrogen and oxygen atoms in total. The Bertz CT molecular complexity index is 1930. The predicted octanol–water partition coefficient (Wildman–Crippen LogP) is 5.93. The zero-order valence-electron chi connectivity index (χ0n) is 20.7. The van der Waals surface area contributed by atoms with Crippen LogP contribution in [0.1, 0.15) is 11.1 Å². The molecule has 0 aliphatic heterocycles. The normalized spacial score (nSPS) is 15.6. The minimum Gasteiger partial charge on any atom is -0.506 e. The van der Waals surface area contributed by atoms with Crippen molar-refractivity contribution in [1.82, 2.24) is 9.13 Å². The van der Waals surface area contributed by atoms with E-state index < -0.39 is 0 Å². The van der Waals surface area contributed by atoms with E-state index in [9.17, 15) is 10.2 Å². The monoisotopic (exact) mass is 470 g/mol. The Morgan fingerprint density at radius 1 is 0.556 bits per heavy atom. The number of allylic oxidation sites excluding steroid dienone is 2. The van der Waals surface area contributed by atoms with Gasteiger partial charge in [-0.3, -0.25) is 0 Å². The number of benzene rings is 4. The van der Waals surface area contributed by atoms with E-state index in [2.05, 4.69) is 83.6 Å². The summed E-state index contributed by atoms with van der Waals surface area (Å²) in [7, 11) is 4.06. The summed E-state index contributed by atoms with van der Waals surface area (Å²) in [6.07, 6.45) is 3.79. The first-order valence-electron chi connectivity index (χ1n) is 12.2. The van der Waals surface area contributed by atoms with Gasteiger partial charge in [-0.05, 0) is 60.0 Å². The summed E-state index contributed by atoms with van der Waals surface area (Å²) in [6.45, 7) is 4.25. The van der Waals surface area contributed by atoms with Crippen molar-refractivity contribution < 1.29 is 10.2 Å². The van der Waals surface area contributed by atoms with E-state index in [-0.39, 0.29) is 11.5 Å². The second-order valence-corrected chi connectivity index (χ2v) is 9.96. The lowest BCUT2D eigenvalue weighted by Gasteiger charge is -2.19. The molecule has 0 saturated heterocycles. The molecule has 7 rings (SSSR count). The van der Waals surface area contributed by atoms with E-state index >= 15 is 0 Å². The first-order valence-corrected chi connectivity index (χ1v) is 12.2. The van der Waals surface area contributed by atoms with Crippen LogP contribution in [0, 0.1) is 13.8 Å². The maximum Gasteiger partial charge on any atom is 0.137 e. The maximum absolute atomic E-state index is 11.1. The molecule has 6 aromatic rings. The summed E-state index contributed by atoms with van der Waals surface area (Å²) in [5, 5.41) is 31.2. The number of hydrogen-bond acceptors (Lipinski definition) is 2. The summed E-state index contributed by atoms with van der Waals surface area (Å²) >= 11 is 0. The van der Waals surface area contributed by atoms with Crippen molar-refractivity contribution in [2.45, 2.75) is 13.8 Å². The summed E-state index contributed by atoms with van der Waals surface area (Å²) in [5.41, 5.74) is 5.68. The highest BCUT2D eigenvalue weighted by Gasteiger charge is 2.27. The van der Waals surface area contributed by atoms with E-state index in [0.717, 1.165) is 32.5 Å². The Morgan fingerprint density at radius 3 is 1.36 bits per heavy atom. The number of aromatic nitrogens is 2. The molecule has 4 aromatic carbocycles. The van der Waals surface area contributed by atoms with Gasteiger partial charge in [0.1, 0.15) is 11.5 Å². The number of aliphatic hydroxyl groups is 2. The van der Waals surface area contributed by atoms with E-state index in [4.69, 9.17) is 0 Å². The first-order chi connectivity index (χ1) is 17.4. The van der Waals surface area contributed by atoms with Gasteiger partial charge >= 0.3 is 0 Å². The van der Waals surface area contributed by atoms with Gasteiger partial charge in [0, 0.05) is 57.4 Å². The molecule has 0 bridgehead atoms. The predicted molar refractivity (Wildman–Crippen MR) is 149 cm³/mol. The van der Waals surface area contributed by atoms with Gasteiger partial charge in [0.25, 0.3) is 0 Å². The minimum absolute atomic E-state index is 0.118. The molecule has 1 aliphatic rings. The third-order valence-corrected chi connectivity index (χ3v) is 8.05. The molecular weight excluding hydrogens is 444 g/mol. The van der Waals surface area contributed by atoms with Gasteiger partial charge in [-0.15, -0.1) is 0 Å². The minimum atomic E-state index is 0.118.